The summed E-state index contributed by atoms with van der Waals surface area (Å²) in [6.07, 6.45) is 1.58. The Labute approximate surface area is 134 Å². The number of allylic oxidation sites excluding steroid dienone is 1. The van der Waals surface area contributed by atoms with Crippen LogP contribution in [0.25, 0.3) is 0 Å². The lowest BCUT2D eigenvalue weighted by Gasteiger charge is -2.18. The molecule has 0 radical (unpaired) electrons. The molecule has 1 saturated heterocycles. The molecule has 0 atom stereocenters. The molecule has 0 aliphatic carbocycles. The first-order valence-corrected chi connectivity index (χ1v) is 8.93. The average molecular weight is 333 g/mol. The van der Waals surface area contributed by atoms with Gasteiger partial charge in [0.15, 0.2) is 4.91 Å². The molecule has 1 N–H and O–H groups in total. The van der Waals surface area contributed by atoms with Gasteiger partial charge >= 0.3 is 0 Å². The Balaban J connectivity index is 2.58. The monoisotopic (exact) mass is 333 g/mol. The van der Waals surface area contributed by atoms with E-state index in [1.165, 1.54) is 28.8 Å². The maximum atomic E-state index is 12.7. The highest BCUT2D eigenvalue weighted by Gasteiger charge is 2.32. The molecule has 7 heteroatoms. The number of hydrogen-bond acceptors (Lipinski definition) is 5. The summed E-state index contributed by atoms with van der Waals surface area (Å²) in [4.78, 5) is 1.27. The van der Waals surface area contributed by atoms with Crippen molar-refractivity contribution in [2.24, 2.45) is 0 Å². The standard InChI is InChI=1S/C15H15N3O2S2/c1-3-8-18-14(17)10-21-15(18)13(9-16)22(19,20)12-6-4-11(2)5-7-12/h3-7,17H,1,8,10H2,2H3/b15-13+,17-14?. The lowest BCUT2D eigenvalue weighted by Crippen LogP contribution is -2.25. The number of rotatable bonds is 4. The van der Waals surface area contributed by atoms with Gasteiger partial charge in [-0.1, -0.05) is 35.5 Å². The Kier molecular flexibility index (Phi) is 4.74. The molecule has 22 heavy (non-hydrogen) atoms. The van der Waals surface area contributed by atoms with Crippen LogP contribution in [-0.2, 0) is 9.84 Å². The number of aryl methyl sites for hydroxylation is 1. The Morgan fingerprint density at radius 3 is 2.68 bits per heavy atom. The third-order valence-corrected chi connectivity index (χ3v) is 6.08. The van der Waals surface area contributed by atoms with Crippen molar-refractivity contribution in [1.82, 2.24) is 4.90 Å². The van der Waals surface area contributed by atoms with Crippen LogP contribution in [0.1, 0.15) is 5.56 Å². The molecule has 0 bridgehead atoms. The zero-order chi connectivity index (χ0) is 16.3. The summed E-state index contributed by atoms with van der Waals surface area (Å²) in [5, 5.41) is 17.6. The minimum Gasteiger partial charge on any atom is -0.319 e. The van der Waals surface area contributed by atoms with Crippen LogP contribution in [0.4, 0.5) is 0 Å². The first kappa shape index (κ1) is 16.3. The highest BCUT2D eigenvalue weighted by molar-refractivity contribution is 8.05. The number of nitrogens with zero attached hydrogens (tertiary/aromatic N) is 2. The van der Waals surface area contributed by atoms with Crippen molar-refractivity contribution in [3.8, 4) is 6.07 Å². The van der Waals surface area contributed by atoms with E-state index in [4.69, 9.17) is 5.41 Å². The van der Waals surface area contributed by atoms with E-state index in [2.05, 4.69) is 6.58 Å². The summed E-state index contributed by atoms with van der Waals surface area (Å²) >= 11 is 1.19. The number of sulfone groups is 1. The summed E-state index contributed by atoms with van der Waals surface area (Å²) < 4.78 is 25.4. The topological polar surface area (TPSA) is 85.0 Å². The van der Waals surface area contributed by atoms with E-state index < -0.39 is 9.84 Å². The molecule has 1 aromatic carbocycles. The summed E-state index contributed by atoms with van der Waals surface area (Å²) in [6, 6.07) is 8.17. The molecule has 1 aromatic rings. The molecular formula is C15H15N3O2S2. The van der Waals surface area contributed by atoms with Gasteiger partial charge in [-0.3, -0.25) is 5.41 Å². The fourth-order valence-corrected chi connectivity index (χ4v) is 4.63. The van der Waals surface area contributed by atoms with E-state index in [9.17, 15) is 13.7 Å². The maximum Gasteiger partial charge on any atom is 0.219 e. The molecule has 0 saturated carbocycles. The molecule has 1 aliphatic heterocycles. The van der Waals surface area contributed by atoms with Gasteiger partial charge in [0.25, 0.3) is 0 Å². The van der Waals surface area contributed by atoms with Crippen LogP contribution in [-0.4, -0.2) is 31.5 Å². The predicted octanol–water partition coefficient (Wildman–Crippen LogP) is 2.67. The van der Waals surface area contributed by atoms with Crippen LogP contribution in [0.2, 0.25) is 0 Å². The molecule has 2 rings (SSSR count). The predicted molar refractivity (Wildman–Crippen MR) is 88.1 cm³/mol. The van der Waals surface area contributed by atoms with Gasteiger partial charge in [0.1, 0.15) is 16.9 Å². The van der Waals surface area contributed by atoms with Crippen molar-refractivity contribution < 1.29 is 8.42 Å². The van der Waals surface area contributed by atoms with Crippen molar-refractivity contribution in [3.05, 3.63) is 52.4 Å². The lowest BCUT2D eigenvalue weighted by atomic mass is 10.2. The van der Waals surface area contributed by atoms with Crippen molar-refractivity contribution in [1.29, 1.82) is 10.7 Å². The van der Waals surface area contributed by atoms with Crippen molar-refractivity contribution in [2.75, 3.05) is 12.3 Å². The van der Waals surface area contributed by atoms with E-state index >= 15 is 0 Å². The van der Waals surface area contributed by atoms with E-state index in [1.807, 2.05) is 6.92 Å². The molecule has 1 heterocycles. The molecule has 1 aliphatic rings. The van der Waals surface area contributed by atoms with Gasteiger partial charge in [-0.05, 0) is 19.1 Å². The summed E-state index contributed by atoms with van der Waals surface area (Å²) in [7, 11) is -3.90. The van der Waals surface area contributed by atoms with Crippen LogP contribution in [0, 0.1) is 23.7 Å². The highest BCUT2D eigenvalue weighted by Crippen LogP contribution is 2.35. The molecule has 1 fully saturated rings. The minimum atomic E-state index is -3.90. The van der Waals surface area contributed by atoms with Crippen LogP contribution < -0.4 is 0 Å². The van der Waals surface area contributed by atoms with Crippen LogP contribution in [0.5, 0.6) is 0 Å². The van der Waals surface area contributed by atoms with Gasteiger partial charge in [0.2, 0.25) is 9.84 Å². The number of benzene rings is 1. The second-order valence-corrected chi connectivity index (χ2v) is 7.55. The lowest BCUT2D eigenvalue weighted by molar-refractivity contribution is 0.593. The SMILES string of the molecule is C=CCN1C(=N)CS/C1=C(\C#N)S(=O)(=O)c1ccc(C)cc1. The largest absolute Gasteiger partial charge is 0.319 e. The Bertz CT molecular complexity index is 787. The van der Waals surface area contributed by atoms with Gasteiger partial charge in [0, 0.05) is 6.54 Å². The summed E-state index contributed by atoms with van der Waals surface area (Å²) in [6.45, 7) is 5.77. The zero-order valence-corrected chi connectivity index (χ0v) is 13.7. The average Bonchev–Trinajstić information content (AvgIpc) is 2.82. The Morgan fingerprint density at radius 1 is 1.50 bits per heavy atom. The smallest absolute Gasteiger partial charge is 0.219 e. The fraction of sp³-hybridized carbons (Fsp3) is 0.200. The highest BCUT2D eigenvalue weighted by atomic mass is 32.2. The molecule has 114 valence electrons. The fourth-order valence-electron chi connectivity index (χ4n) is 1.98. The third-order valence-electron chi connectivity index (χ3n) is 3.12. The number of hydrogen-bond donors (Lipinski definition) is 1. The number of nitriles is 1. The Morgan fingerprint density at radius 2 is 2.14 bits per heavy atom. The Hall–Kier alpha value is -2.04. The van der Waals surface area contributed by atoms with E-state index in [0.29, 0.717) is 17.3 Å². The third kappa shape index (κ3) is 2.93. The second-order valence-electron chi connectivity index (χ2n) is 4.70. The zero-order valence-electron chi connectivity index (χ0n) is 12.0. The quantitative estimate of drug-likeness (QED) is 0.676. The van der Waals surface area contributed by atoms with Gasteiger partial charge in [-0.25, -0.2) is 8.42 Å². The van der Waals surface area contributed by atoms with Crippen LogP contribution in [0.3, 0.4) is 0 Å². The first-order valence-electron chi connectivity index (χ1n) is 6.46. The van der Waals surface area contributed by atoms with Gasteiger partial charge in [-0.15, -0.1) is 6.58 Å². The molecule has 5 nitrogen and oxygen atoms in total. The second kappa shape index (κ2) is 6.38. The molecule has 0 unspecified atom stereocenters. The minimum absolute atomic E-state index is 0.0831. The normalized spacial score (nSPS) is 17.3. The number of nitrogens with one attached hydrogen (secondary N) is 1. The molecule has 0 spiro atoms. The van der Waals surface area contributed by atoms with E-state index in [-0.39, 0.29) is 15.6 Å². The maximum absolute atomic E-state index is 12.7. The van der Waals surface area contributed by atoms with E-state index in [0.717, 1.165) is 5.56 Å². The molecule has 0 amide bonds. The summed E-state index contributed by atoms with van der Waals surface area (Å²) in [5.74, 6) is 0.615. The molecule has 0 aromatic heterocycles. The van der Waals surface area contributed by atoms with Crippen molar-refractivity contribution >= 4 is 27.4 Å². The van der Waals surface area contributed by atoms with Crippen molar-refractivity contribution in [2.45, 2.75) is 11.8 Å². The van der Waals surface area contributed by atoms with Gasteiger partial charge in [-0.2, -0.15) is 5.26 Å². The number of amidine groups is 1. The summed E-state index contributed by atoms with van der Waals surface area (Å²) in [5.41, 5.74) is 0.940. The first-order chi connectivity index (χ1) is 10.4. The molecular weight excluding hydrogens is 318 g/mol. The number of thioether (sulfide) groups is 1. The van der Waals surface area contributed by atoms with Crippen LogP contribution in [0.15, 0.2) is 51.8 Å². The van der Waals surface area contributed by atoms with Crippen molar-refractivity contribution in [3.63, 3.8) is 0 Å². The van der Waals surface area contributed by atoms with Gasteiger partial charge < -0.3 is 4.90 Å². The van der Waals surface area contributed by atoms with Crippen LogP contribution >= 0.6 is 11.8 Å². The van der Waals surface area contributed by atoms with Gasteiger partial charge in [0.05, 0.1) is 10.6 Å². The van der Waals surface area contributed by atoms with E-state index in [1.54, 1.807) is 24.3 Å².